The summed E-state index contributed by atoms with van der Waals surface area (Å²) < 4.78 is 5.36. The third-order valence-electron chi connectivity index (χ3n) is 4.41. The molecule has 1 amide bonds. The smallest absolute Gasteiger partial charge is 0.408 e. The maximum Gasteiger partial charge on any atom is 0.408 e. The molecule has 2 aliphatic rings. The van der Waals surface area contributed by atoms with E-state index >= 15 is 0 Å². The van der Waals surface area contributed by atoms with Crippen LogP contribution >= 0.6 is 0 Å². The summed E-state index contributed by atoms with van der Waals surface area (Å²) in [6, 6.07) is 7.67. The molecule has 0 spiro atoms. The van der Waals surface area contributed by atoms with Gasteiger partial charge >= 0.3 is 12.1 Å². The first kappa shape index (κ1) is 14.8. The van der Waals surface area contributed by atoms with E-state index in [-0.39, 0.29) is 12.5 Å². The molecule has 7 nitrogen and oxygen atoms in total. The van der Waals surface area contributed by atoms with Gasteiger partial charge in [0.15, 0.2) is 0 Å². The Morgan fingerprint density at radius 1 is 1.23 bits per heavy atom. The van der Waals surface area contributed by atoms with E-state index in [2.05, 4.69) is 5.32 Å². The average molecular weight is 306 g/mol. The molecule has 3 N–H and O–H groups in total. The molecule has 0 bridgehead atoms. The lowest BCUT2D eigenvalue weighted by molar-refractivity contribution is -0.143. The maximum absolute atomic E-state index is 11.6. The predicted octanol–water partition coefficient (Wildman–Crippen LogP) is 0.607. The third kappa shape index (κ3) is 2.53. The second kappa shape index (κ2) is 5.94. The van der Waals surface area contributed by atoms with Gasteiger partial charge in [0.1, 0.15) is 6.04 Å². The number of nitrogens with one attached hydrogen (secondary N) is 1. The summed E-state index contributed by atoms with van der Waals surface area (Å²) in [4.78, 5) is 24.1. The van der Waals surface area contributed by atoms with Crippen LogP contribution in [-0.2, 0) is 16.1 Å². The SMILES string of the molecule is O=C(O)[C@H]1[C@@H](NCc2ccccc2)[C@H]2COC[C@H]2N1C(=O)O. The molecule has 2 heterocycles. The molecule has 4 atom stereocenters. The lowest BCUT2D eigenvalue weighted by atomic mass is 9.96. The molecule has 0 aliphatic carbocycles. The Labute approximate surface area is 127 Å². The van der Waals surface area contributed by atoms with Crippen molar-refractivity contribution in [1.29, 1.82) is 0 Å². The summed E-state index contributed by atoms with van der Waals surface area (Å²) >= 11 is 0. The molecule has 0 aromatic heterocycles. The van der Waals surface area contributed by atoms with Crippen LogP contribution in [0.2, 0.25) is 0 Å². The second-order valence-electron chi connectivity index (χ2n) is 5.63. The van der Waals surface area contributed by atoms with Gasteiger partial charge in [-0.1, -0.05) is 30.3 Å². The van der Waals surface area contributed by atoms with Gasteiger partial charge in [0.25, 0.3) is 0 Å². The Kier molecular flexibility index (Phi) is 4.00. The lowest BCUT2D eigenvalue weighted by Crippen LogP contribution is -2.51. The van der Waals surface area contributed by atoms with Gasteiger partial charge < -0.3 is 20.3 Å². The monoisotopic (exact) mass is 306 g/mol. The molecule has 22 heavy (non-hydrogen) atoms. The minimum absolute atomic E-state index is 0.138. The quantitative estimate of drug-likeness (QED) is 0.753. The fraction of sp³-hybridized carbons (Fsp3) is 0.467. The van der Waals surface area contributed by atoms with Crippen molar-refractivity contribution in [3.05, 3.63) is 35.9 Å². The first-order chi connectivity index (χ1) is 10.6. The van der Waals surface area contributed by atoms with Gasteiger partial charge in [-0.3, -0.25) is 4.90 Å². The number of aliphatic carboxylic acids is 1. The van der Waals surface area contributed by atoms with E-state index in [1.54, 1.807) is 0 Å². The topological polar surface area (TPSA) is 99.1 Å². The number of fused-ring (bicyclic) bond motifs is 1. The molecule has 0 saturated carbocycles. The van der Waals surface area contributed by atoms with Crippen LogP contribution in [0.5, 0.6) is 0 Å². The molecule has 0 unspecified atom stereocenters. The fourth-order valence-electron chi connectivity index (χ4n) is 3.43. The number of amides is 1. The summed E-state index contributed by atoms with van der Waals surface area (Å²) in [5, 5.41) is 22.1. The molecule has 2 fully saturated rings. The van der Waals surface area contributed by atoms with Gasteiger partial charge in [-0.05, 0) is 5.56 Å². The molecule has 7 heteroatoms. The van der Waals surface area contributed by atoms with Crippen LogP contribution in [0.3, 0.4) is 0 Å². The molecule has 2 aliphatic heterocycles. The zero-order valence-corrected chi connectivity index (χ0v) is 11.9. The molecule has 1 aromatic carbocycles. The number of hydrogen-bond acceptors (Lipinski definition) is 4. The van der Waals surface area contributed by atoms with Crippen molar-refractivity contribution in [1.82, 2.24) is 10.2 Å². The Morgan fingerprint density at radius 2 is 1.95 bits per heavy atom. The molecular formula is C15H18N2O5. The largest absolute Gasteiger partial charge is 0.480 e. The zero-order chi connectivity index (χ0) is 15.7. The number of nitrogens with zero attached hydrogens (tertiary/aromatic N) is 1. The number of hydrogen-bond donors (Lipinski definition) is 3. The summed E-state index contributed by atoms with van der Waals surface area (Å²) in [5.41, 5.74) is 1.02. The summed E-state index contributed by atoms with van der Waals surface area (Å²) in [5.74, 6) is -1.26. The van der Waals surface area contributed by atoms with Gasteiger partial charge in [-0.25, -0.2) is 9.59 Å². The van der Waals surface area contributed by atoms with Crippen molar-refractivity contribution in [3.8, 4) is 0 Å². The van der Waals surface area contributed by atoms with Crippen LogP contribution in [0.4, 0.5) is 4.79 Å². The van der Waals surface area contributed by atoms with Crippen LogP contribution in [0.15, 0.2) is 30.3 Å². The maximum atomic E-state index is 11.6. The van der Waals surface area contributed by atoms with Crippen LogP contribution in [0, 0.1) is 5.92 Å². The van der Waals surface area contributed by atoms with Gasteiger partial charge in [0, 0.05) is 18.5 Å². The van der Waals surface area contributed by atoms with E-state index in [1.165, 1.54) is 0 Å². The van der Waals surface area contributed by atoms with Crippen molar-refractivity contribution in [2.45, 2.75) is 24.7 Å². The van der Waals surface area contributed by atoms with Gasteiger partial charge in [0.2, 0.25) is 0 Å². The van der Waals surface area contributed by atoms with E-state index in [9.17, 15) is 19.8 Å². The predicted molar refractivity (Wildman–Crippen MR) is 76.5 cm³/mol. The number of benzene rings is 1. The molecule has 2 saturated heterocycles. The number of carboxylic acids is 1. The van der Waals surface area contributed by atoms with Crippen LogP contribution < -0.4 is 5.32 Å². The van der Waals surface area contributed by atoms with E-state index in [4.69, 9.17) is 4.74 Å². The molecule has 1 aromatic rings. The van der Waals surface area contributed by atoms with Gasteiger partial charge in [0.05, 0.1) is 19.3 Å². The van der Waals surface area contributed by atoms with E-state index in [1.807, 2.05) is 30.3 Å². The van der Waals surface area contributed by atoms with E-state index < -0.39 is 30.2 Å². The minimum atomic E-state index is -1.21. The highest BCUT2D eigenvalue weighted by molar-refractivity contribution is 5.81. The Hall–Kier alpha value is -2.12. The van der Waals surface area contributed by atoms with Gasteiger partial charge in [-0.15, -0.1) is 0 Å². The Morgan fingerprint density at radius 3 is 2.59 bits per heavy atom. The van der Waals surface area contributed by atoms with Crippen molar-refractivity contribution in [2.24, 2.45) is 5.92 Å². The van der Waals surface area contributed by atoms with E-state index in [0.717, 1.165) is 10.5 Å². The first-order valence-electron chi connectivity index (χ1n) is 7.18. The minimum Gasteiger partial charge on any atom is -0.480 e. The highest BCUT2D eigenvalue weighted by atomic mass is 16.5. The lowest BCUT2D eigenvalue weighted by Gasteiger charge is -2.26. The number of ether oxygens (including phenoxy) is 1. The second-order valence-corrected chi connectivity index (χ2v) is 5.63. The summed E-state index contributed by atoms with van der Waals surface area (Å²) in [7, 11) is 0. The third-order valence-corrected chi connectivity index (χ3v) is 4.41. The number of rotatable bonds is 4. The van der Waals surface area contributed by atoms with Crippen molar-refractivity contribution >= 4 is 12.1 Å². The molecular weight excluding hydrogens is 288 g/mol. The van der Waals surface area contributed by atoms with Crippen molar-refractivity contribution in [3.63, 3.8) is 0 Å². The summed E-state index contributed by atoms with van der Waals surface area (Å²) in [6.45, 7) is 1.13. The van der Waals surface area contributed by atoms with Crippen LogP contribution in [0.25, 0.3) is 0 Å². The van der Waals surface area contributed by atoms with Gasteiger partial charge in [-0.2, -0.15) is 0 Å². The van der Waals surface area contributed by atoms with Crippen LogP contribution in [0.1, 0.15) is 5.56 Å². The fourth-order valence-corrected chi connectivity index (χ4v) is 3.43. The standard InChI is InChI=1S/C15H18N2O5/c18-14(19)13-12(16-6-9-4-2-1-3-5-9)10-7-22-8-11(10)17(13)15(20)21/h1-5,10-13,16H,6-8H2,(H,18,19)(H,20,21)/t10-,11+,12-,13+/m0/s1. The summed E-state index contributed by atoms with van der Waals surface area (Å²) in [6.07, 6.45) is -1.21. The van der Waals surface area contributed by atoms with Crippen molar-refractivity contribution < 1.29 is 24.5 Å². The number of carbonyl (C=O) groups is 2. The normalized spacial score (nSPS) is 30.3. The average Bonchev–Trinajstić information content (AvgIpc) is 3.05. The molecule has 3 rings (SSSR count). The van der Waals surface area contributed by atoms with E-state index in [0.29, 0.717) is 13.2 Å². The molecule has 0 radical (unpaired) electrons. The Balaban J connectivity index is 1.80. The highest BCUT2D eigenvalue weighted by Gasteiger charge is 2.56. The Bertz CT molecular complexity index is 564. The van der Waals surface area contributed by atoms with Crippen LogP contribution in [-0.4, -0.2) is 58.5 Å². The number of likely N-dealkylation sites (tertiary alicyclic amines) is 1. The number of carboxylic acid groups (broad SMARTS) is 2. The highest BCUT2D eigenvalue weighted by Crippen LogP contribution is 2.35. The zero-order valence-electron chi connectivity index (χ0n) is 11.9. The van der Waals surface area contributed by atoms with Crippen molar-refractivity contribution in [2.75, 3.05) is 13.2 Å². The first-order valence-corrected chi connectivity index (χ1v) is 7.18. The molecule has 118 valence electrons.